The molecule has 0 unspecified atom stereocenters. The van der Waals surface area contributed by atoms with E-state index >= 15 is 0 Å². The summed E-state index contributed by atoms with van der Waals surface area (Å²) in [6, 6.07) is 10.0. The van der Waals surface area contributed by atoms with E-state index in [1.54, 1.807) is 6.33 Å². The van der Waals surface area contributed by atoms with Crippen LogP contribution >= 0.6 is 0 Å². The van der Waals surface area contributed by atoms with Crippen LogP contribution in [0.25, 0.3) is 5.69 Å². The Kier molecular flexibility index (Phi) is 3.24. The van der Waals surface area contributed by atoms with E-state index in [0.29, 0.717) is 6.61 Å². The molecule has 1 heterocycles. The Hall–Kier alpha value is -1.68. The van der Waals surface area contributed by atoms with Crippen molar-refractivity contribution in [1.29, 1.82) is 0 Å². The first-order valence-corrected chi connectivity index (χ1v) is 5.64. The van der Waals surface area contributed by atoms with Gasteiger partial charge in [-0.2, -0.15) is 0 Å². The first kappa shape index (κ1) is 11.8. The van der Waals surface area contributed by atoms with Crippen LogP contribution in [0.15, 0.2) is 36.7 Å². The molecule has 17 heavy (non-hydrogen) atoms. The lowest BCUT2D eigenvalue weighted by Gasteiger charge is -2.19. The molecule has 0 atom stereocenters. The standard InChI is InChI=1S/C13H17N3O/c1-13(2,3)17-9-12-15-14-10-16(12)11-7-5-4-6-8-11/h4-8,10H,9H2,1-3H3. The molecule has 1 aromatic carbocycles. The molecule has 0 fully saturated rings. The molecule has 0 bridgehead atoms. The van der Waals surface area contributed by atoms with Gasteiger partial charge in [0.25, 0.3) is 0 Å². The highest BCUT2D eigenvalue weighted by Gasteiger charge is 2.13. The Morgan fingerprint density at radius 1 is 1.18 bits per heavy atom. The second-order valence-electron chi connectivity index (χ2n) is 4.85. The van der Waals surface area contributed by atoms with Gasteiger partial charge in [0.2, 0.25) is 0 Å². The van der Waals surface area contributed by atoms with E-state index in [1.807, 2.05) is 55.7 Å². The molecule has 0 aliphatic rings. The maximum Gasteiger partial charge on any atom is 0.163 e. The van der Waals surface area contributed by atoms with Gasteiger partial charge in [-0.25, -0.2) is 0 Å². The van der Waals surface area contributed by atoms with E-state index in [0.717, 1.165) is 11.5 Å². The van der Waals surface area contributed by atoms with E-state index in [2.05, 4.69) is 10.2 Å². The van der Waals surface area contributed by atoms with Gasteiger partial charge in [0.15, 0.2) is 5.82 Å². The van der Waals surface area contributed by atoms with Crippen molar-refractivity contribution in [2.45, 2.75) is 33.0 Å². The highest BCUT2D eigenvalue weighted by molar-refractivity contribution is 5.31. The summed E-state index contributed by atoms with van der Waals surface area (Å²) >= 11 is 0. The minimum Gasteiger partial charge on any atom is -0.368 e. The average Bonchev–Trinajstić information content (AvgIpc) is 2.75. The van der Waals surface area contributed by atoms with Crippen molar-refractivity contribution in [3.63, 3.8) is 0 Å². The summed E-state index contributed by atoms with van der Waals surface area (Å²) in [5, 5.41) is 8.02. The molecule has 0 saturated carbocycles. The van der Waals surface area contributed by atoms with Gasteiger partial charge in [-0.3, -0.25) is 4.57 Å². The van der Waals surface area contributed by atoms with E-state index in [1.165, 1.54) is 0 Å². The normalized spacial score (nSPS) is 11.7. The lowest BCUT2D eigenvalue weighted by Crippen LogP contribution is -2.20. The minimum absolute atomic E-state index is 0.173. The van der Waals surface area contributed by atoms with Gasteiger partial charge in [-0.15, -0.1) is 10.2 Å². The molecule has 2 aromatic rings. The maximum atomic E-state index is 5.71. The first-order valence-electron chi connectivity index (χ1n) is 5.64. The Morgan fingerprint density at radius 2 is 1.88 bits per heavy atom. The fourth-order valence-corrected chi connectivity index (χ4v) is 1.44. The van der Waals surface area contributed by atoms with Crippen molar-refractivity contribution >= 4 is 0 Å². The predicted octanol–water partition coefficient (Wildman–Crippen LogP) is 2.58. The highest BCUT2D eigenvalue weighted by atomic mass is 16.5. The fourth-order valence-electron chi connectivity index (χ4n) is 1.44. The molecule has 0 saturated heterocycles. The van der Waals surface area contributed by atoms with Crippen molar-refractivity contribution in [3.8, 4) is 5.69 Å². The molecule has 0 aliphatic carbocycles. The molecular formula is C13H17N3O. The van der Waals surface area contributed by atoms with Crippen molar-refractivity contribution in [2.75, 3.05) is 0 Å². The number of para-hydroxylation sites is 1. The third kappa shape index (κ3) is 3.14. The van der Waals surface area contributed by atoms with Crippen LogP contribution in [-0.2, 0) is 11.3 Å². The molecule has 0 aliphatic heterocycles. The summed E-state index contributed by atoms with van der Waals surface area (Å²) in [5.74, 6) is 0.811. The Balaban J connectivity index is 2.18. The molecule has 90 valence electrons. The second-order valence-corrected chi connectivity index (χ2v) is 4.85. The number of rotatable bonds is 3. The molecule has 0 spiro atoms. The van der Waals surface area contributed by atoms with Crippen LogP contribution in [0.2, 0.25) is 0 Å². The third-order valence-corrected chi connectivity index (χ3v) is 2.29. The summed E-state index contributed by atoms with van der Waals surface area (Å²) in [5.41, 5.74) is 0.873. The number of benzene rings is 1. The smallest absolute Gasteiger partial charge is 0.163 e. The SMILES string of the molecule is CC(C)(C)OCc1nncn1-c1ccccc1. The summed E-state index contributed by atoms with van der Waals surface area (Å²) < 4.78 is 7.65. The van der Waals surface area contributed by atoms with Gasteiger partial charge in [-0.1, -0.05) is 18.2 Å². The average molecular weight is 231 g/mol. The second kappa shape index (κ2) is 4.67. The monoisotopic (exact) mass is 231 g/mol. The fraction of sp³-hybridized carbons (Fsp3) is 0.385. The topological polar surface area (TPSA) is 39.9 Å². The molecular weight excluding hydrogens is 214 g/mol. The highest BCUT2D eigenvalue weighted by Crippen LogP contribution is 2.13. The molecule has 0 radical (unpaired) electrons. The third-order valence-electron chi connectivity index (χ3n) is 2.29. The number of aromatic nitrogens is 3. The Bertz CT molecular complexity index is 471. The van der Waals surface area contributed by atoms with E-state index in [4.69, 9.17) is 4.74 Å². The summed E-state index contributed by atoms with van der Waals surface area (Å²) in [4.78, 5) is 0. The predicted molar refractivity (Wildman–Crippen MR) is 65.9 cm³/mol. The number of nitrogens with zero attached hydrogens (tertiary/aromatic N) is 3. The summed E-state index contributed by atoms with van der Waals surface area (Å²) in [6.45, 7) is 6.53. The Morgan fingerprint density at radius 3 is 2.53 bits per heavy atom. The van der Waals surface area contributed by atoms with Crippen molar-refractivity contribution in [1.82, 2.24) is 14.8 Å². The molecule has 1 aromatic heterocycles. The zero-order valence-electron chi connectivity index (χ0n) is 10.4. The summed E-state index contributed by atoms with van der Waals surface area (Å²) in [6.07, 6.45) is 1.71. The summed E-state index contributed by atoms with van der Waals surface area (Å²) in [7, 11) is 0. The van der Waals surface area contributed by atoms with E-state index < -0.39 is 0 Å². The van der Waals surface area contributed by atoms with Crippen LogP contribution < -0.4 is 0 Å². The van der Waals surface area contributed by atoms with Crippen LogP contribution in [0.1, 0.15) is 26.6 Å². The van der Waals surface area contributed by atoms with Gasteiger partial charge >= 0.3 is 0 Å². The van der Waals surface area contributed by atoms with E-state index in [-0.39, 0.29) is 5.60 Å². The largest absolute Gasteiger partial charge is 0.368 e. The quantitative estimate of drug-likeness (QED) is 0.815. The lowest BCUT2D eigenvalue weighted by molar-refractivity contribution is -0.0187. The van der Waals surface area contributed by atoms with Crippen LogP contribution in [-0.4, -0.2) is 20.4 Å². The zero-order chi connectivity index (χ0) is 12.3. The molecule has 2 rings (SSSR count). The van der Waals surface area contributed by atoms with Crippen molar-refractivity contribution in [3.05, 3.63) is 42.5 Å². The first-order chi connectivity index (χ1) is 8.06. The molecule has 4 nitrogen and oxygen atoms in total. The maximum absolute atomic E-state index is 5.71. The van der Waals surface area contributed by atoms with E-state index in [9.17, 15) is 0 Å². The van der Waals surface area contributed by atoms with Crippen LogP contribution in [0.5, 0.6) is 0 Å². The van der Waals surface area contributed by atoms with Crippen LogP contribution in [0.4, 0.5) is 0 Å². The number of ether oxygens (including phenoxy) is 1. The molecule has 0 amide bonds. The lowest BCUT2D eigenvalue weighted by atomic mass is 10.2. The Labute approximate surface area is 101 Å². The molecule has 4 heteroatoms. The molecule has 0 N–H and O–H groups in total. The van der Waals surface area contributed by atoms with Gasteiger partial charge in [-0.05, 0) is 32.9 Å². The van der Waals surface area contributed by atoms with Gasteiger partial charge < -0.3 is 4.74 Å². The van der Waals surface area contributed by atoms with Crippen molar-refractivity contribution < 1.29 is 4.74 Å². The number of hydrogen-bond donors (Lipinski definition) is 0. The van der Waals surface area contributed by atoms with Gasteiger partial charge in [0.05, 0.1) is 5.60 Å². The minimum atomic E-state index is -0.173. The van der Waals surface area contributed by atoms with Crippen molar-refractivity contribution in [2.24, 2.45) is 0 Å². The van der Waals surface area contributed by atoms with Crippen LogP contribution in [0, 0.1) is 0 Å². The van der Waals surface area contributed by atoms with Crippen LogP contribution in [0.3, 0.4) is 0 Å². The zero-order valence-corrected chi connectivity index (χ0v) is 10.4. The van der Waals surface area contributed by atoms with Gasteiger partial charge in [0.1, 0.15) is 12.9 Å². The number of hydrogen-bond acceptors (Lipinski definition) is 3. The van der Waals surface area contributed by atoms with Gasteiger partial charge in [0, 0.05) is 5.69 Å².